The maximum absolute atomic E-state index is 11.2. The number of ether oxygens (including phenoxy) is 1. The van der Waals surface area contributed by atoms with Crippen molar-refractivity contribution in [3.63, 3.8) is 0 Å². The van der Waals surface area contributed by atoms with Crippen LogP contribution in [0.5, 0.6) is 0 Å². The van der Waals surface area contributed by atoms with Crippen molar-refractivity contribution in [1.29, 1.82) is 0 Å². The van der Waals surface area contributed by atoms with Gasteiger partial charge < -0.3 is 4.74 Å². The molecule has 0 atom stereocenters. The summed E-state index contributed by atoms with van der Waals surface area (Å²) < 4.78 is 4.66. The number of imide groups is 1. The van der Waals surface area contributed by atoms with Gasteiger partial charge in [-0.05, 0) is 0 Å². The Bertz CT molecular complexity index is 477. The van der Waals surface area contributed by atoms with E-state index in [1.165, 1.54) is 6.33 Å². The molecule has 2 amide bonds. The second-order valence-electron chi connectivity index (χ2n) is 3.48. The molecule has 1 aliphatic heterocycles. The van der Waals surface area contributed by atoms with E-state index >= 15 is 0 Å². The molecule has 19 heavy (non-hydrogen) atoms. The number of amides is 2. The van der Waals surface area contributed by atoms with Gasteiger partial charge in [0.2, 0.25) is 0 Å². The van der Waals surface area contributed by atoms with E-state index in [0.717, 1.165) is 0 Å². The van der Waals surface area contributed by atoms with Crippen molar-refractivity contribution in [3.8, 4) is 0 Å². The van der Waals surface area contributed by atoms with Gasteiger partial charge in [0.25, 0.3) is 11.8 Å². The van der Waals surface area contributed by atoms with Crippen molar-refractivity contribution < 1.29 is 24.0 Å². The van der Waals surface area contributed by atoms with E-state index in [1.807, 2.05) is 0 Å². The molecule has 0 N–H and O–H groups in total. The Labute approximate surface area is 106 Å². The van der Waals surface area contributed by atoms with Gasteiger partial charge in [-0.2, -0.15) is 0 Å². The van der Waals surface area contributed by atoms with Crippen LogP contribution in [0.25, 0.3) is 0 Å². The van der Waals surface area contributed by atoms with Crippen LogP contribution < -0.4 is 0 Å². The molecular weight excluding hydrogens is 258 g/mol. The van der Waals surface area contributed by atoms with Crippen LogP contribution in [-0.2, 0) is 25.6 Å². The summed E-state index contributed by atoms with van der Waals surface area (Å²) in [5, 5.41) is 14.6. The first-order chi connectivity index (χ1) is 9.16. The summed E-state index contributed by atoms with van der Waals surface area (Å²) in [5.41, 5.74) is 0. The van der Waals surface area contributed by atoms with E-state index in [2.05, 4.69) is 30.0 Å². The number of rotatable bonds is 4. The zero-order valence-electron chi connectivity index (χ0n) is 9.68. The van der Waals surface area contributed by atoms with Crippen molar-refractivity contribution in [2.45, 2.75) is 19.3 Å². The number of nitrogens with zero attached hydrogens (tertiary/aromatic N) is 5. The smallest absolute Gasteiger partial charge is 0.432 e. The highest BCUT2D eigenvalue weighted by molar-refractivity contribution is 6.01. The predicted octanol–water partition coefficient (Wildman–Crippen LogP) is -0.974. The zero-order chi connectivity index (χ0) is 13.7. The number of carbonyl (C=O) groups excluding carboxylic acids is 3. The Morgan fingerprint density at radius 1 is 1.21 bits per heavy atom. The van der Waals surface area contributed by atoms with Gasteiger partial charge in [-0.25, -0.2) is 4.79 Å². The Morgan fingerprint density at radius 2 is 1.84 bits per heavy atom. The van der Waals surface area contributed by atoms with Gasteiger partial charge in [-0.1, -0.05) is 5.06 Å². The average Bonchev–Trinajstić information content (AvgIpc) is 2.72. The van der Waals surface area contributed by atoms with Crippen molar-refractivity contribution >= 4 is 18.0 Å². The van der Waals surface area contributed by atoms with Crippen molar-refractivity contribution in [3.05, 3.63) is 12.2 Å². The number of hydrogen-bond acceptors (Lipinski definition) is 9. The number of carbonyl (C=O) groups is 3. The van der Waals surface area contributed by atoms with E-state index in [1.54, 1.807) is 0 Å². The van der Waals surface area contributed by atoms with Crippen LogP contribution in [0.2, 0.25) is 0 Å². The molecular formula is C9H9N5O5. The van der Waals surface area contributed by atoms with E-state index in [9.17, 15) is 14.4 Å². The molecule has 0 aliphatic carbocycles. The molecule has 0 radical (unpaired) electrons. The molecule has 0 spiro atoms. The maximum atomic E-state index is 11.2. The lowest BCUT2D eigenvalue weighted by Gasteiger charge is -2.11. The van der Waals surface area contributed by atoms with Crippen molar-refractivity contribution in [2.75, 3.05) is 6.61 Å². The fourth-order valence-electron chi connectivity index (χ4n) is 1.31. The molecule has 0 unspecified atom stereocenters. The second-order valence-corrected chi connectivity index (χ2v) is 3.48. The summed E-state index contributed by atoms with van der Waals surface area (Å²) in [6.07, 6.45) is 0.282. The minimum atomic E-state index is -1.14. The molecule has 1 aliphatic rings. The van der Waals surface area contributed by atoms with Gasteiger partial charge in [-0.15, -0.1) is 20.4 Å². The lowest BCUT2D eigenvalue weighted by molar-refractivity contribution is -0.177. The average molecular weight is 267 g/mol. The van der Waals surface area contributed by atoms with E-state index in [4.69, 9.17) is 0 Å². The van der Waals surface area contributed by atoms with Gasteiger partial charge in [-0.3, -0.25) is 14.4 Å². The highest BCUT2D eigenvalue weighted by Gasteiger charge is 2.33. The standard InChI is InChI=1S/C9H9N5O5/c15-7-1-2-8(16)14(7)19-9(17)18-4-3-6-12-10-5-11-13-6/h5H,1-4H2. The second kappa shape index (κ2) is 5.80. The topological polar surface area (TPSA) is 124 Å². The van der Waals surface area contributed by atoms with E-state index < -0.39 is 18.0 Å². The first-order valence-electron chi connectivity index (χ1n) is 5.36. The summed E-state index contributed by atoms with van der Waals surface area (Å²) in [7, 11) is 0. The molecule has 0 saturated carbocycles. The monoisotopic (exact) mass is 267 g/mol. The largest absolute Gasteiger partial charge is 0.533 e. The molecule has 0 bridgehead atoms. The van der Waals surface area contributed by atoms with Crippen LogP contribution in [0.4, 0.5) is 4.79 Å². The van der Waals surface area contributed by atoms with Gasteiger partial charge in [0.05, 0.1) is 0 Å². The summed E-state index contributed by atoms with van der Waals surface area (Å²) >= 11 is 0. The summed E-state index contributed by atoms with van der Waals surface area (Å²) in [4.78, 5) is 38.0. The molecule has 1 aromatic heterocycles. The normalized spacial score (nSPS) is 14.6. The van der Waals surface area contributed by atoms with Crippen LogP contribution >= 0.6 is 0 Å². The number of aromatic nitrogens is 4. The Hall–Kier alpha value is -2.65. The molecule has 100 valence electrons. The van der Waals surface area contributed by atoms with Gasteiger partial charge in [0.1, 0.15) is 6.61 Å². The third-order valence-electron chi connectivity index (χ3n) is 2.17. The highest BCUT2D eigenvalue weighted by Crippen LogP contribution is 2.12. The minimum Gasteiger partial charge on any atom is -0.432 e. The van der Waals surface area contributed by atoms with Crippen LogP contribution in [0.3, 0.4) is 0 Å². The molecule has 10 nitrogen and oxygen atoms in total. The maximum Gasteiger partial charge on any atom is 0.533 e. The van der Waals surface area contributed by atoms with E-state index in [-0.39, 0.29) is 25.9 Å². The third-order valence-corrected chi connectivity index (χ3v) is 2.17. The molecule has 10 heteroatoms. The highest BCUT2D eigenvalue weighted by atomic mass is 16.8. The first-order valence-corrected chi connectivity index (χ1v) is 5.36. The third kappa shape index (κ3) is 3.40. The van der Waals surface area contributed by atoms with Gasteiger partial charge >= 0.3 is 6.16 Å². The zero-order valence-corrected chi connectivity index (χ0v) is 9.68. The molecule has 0 aromatic carbocycles. The Kier molecular flexibility index (Phi) is 3.90. The molecule has 1 fully saturated rings. The van der Waals surface area contributed by atoms with E-state index in [0.29, 0.717) is 10.9 Å². The van der Waals surface area contributed by atoms with Crippen LogP contribution in [-0.4, -0.2) is 50.0 Å². The minimum absolute atomic E-state index is 0.0291. The summed E-state index contributed by atoms with van der Waals surface area (Å²) in [5.74, 6) is -0.841. The summed E-state index contributed by atoms with van der Waals surface area (Å²) in [6.45, 7) is -0.0809. The predicted molar refractivity (Wildman–Crippen MR) is 54.8 cm³/mol. The lowest BCUT2D eigenvalue weighted by atomic mass is 10.4. The summed E-state index contributed by atoms with van der Waals surface area (Å²) in [6, 6.07) is 0. The molecule has 1 aromatic rings. The SMILES string of the molecule is O=C(OCCc1nncnn1)ON1C(=O)CCC1=O. The van der Waals surface area contributed by atoms with Crippen LogP contribution in [0.1, 0.15) is 18.7 Å². The molecule has 1 saturated heterocycles. The van der Waals surface area contributed by atoms with Crippen LogP contribution in [0.15, 0.2) is 6.33 Å². The molecule has 2 heterocycles. The van der Waals surface area contributed by atoms with Gasteiger partial charge in [0.15, 0.2) is 12.2 Å². The quantitative estimate of drug-likeness (QED) is 0.500. The Morgan fingerprint density at radius 3 is 2.47 bits per heavy atom. The van der Waals surface area contributed by atoms with Crippen LogP contribution in [0, 0.1) is 0 Å². The fourth-order valence-corrected chi connectivity index (χ4v) is 1.31. The lowest BCUT2D eigenvalue weighted by Crippen LogP contribution is -2.32. The molecule has 2 rings (SSSR count). The first kappa shape index (κ1) is 12.8. The number of hydroxylamine groups is 2. The van der Waals surface area contributed by atoms with Crippen molar-refractivity contribution in [1.82, 2.24) is 25.5 Å². The number of hydrogen-bond donors (Lipinski definition) is 0. The fraction of sp³-hybridized carbons (Fsp3) is 0.444. The van der Waals surface area contributed by atoms with Crippen molar-refractivity contribution in [2.24, 2.45) is 0 Å². The Balaban J connectivity index is 1.73. The van der Waals surface area contributed by atoms with Gasteiger partial charge in [0, 0.05) is 19.3 Å².